The van der Waals surface area contributed by atoms with Crippen molar-refractivity contribution in [1.82, 2.24) is 9.79 Å². The van der Waals surface area contributed by atoms with Crippen LogP contribution < -0.4 is 4.89 Å². The summed E-state index contributed by atoms with van der Waals surface area (Å²) in [6.07, 6.45) is 0. The molecule has 2 heterocycles. The smallest absolute Gasteiger partial charge is 0.326 e. The van der Waals surface area contributed by atoms with Gasteiger partial charge in [0.25, 0.3) is 15.9 Å². The van der Waals surface area contributed by atoms with Gasteiger partial charge in [-0.3, -0.25) is 14.9 Å². The van der Waals surface area contributed by atoms with Crippen molar-refractivity contribution in [3.05, 3.63) is 21.1 Å². The maximum Gasteiger partial charge on any atom is 0.326 e. The van der Waals surface area contributed by atoms with Gasteiger partial charge in [0.1, 0.15) is 9.77 Å². The van der Waals surface area contributed by atoms with E-state index in [4.69, 9.17) is 9.94 Å². The topological polar surface area (TPSA) is 139 Å². The summed E-state index contributed by atoms with van der Waals surface area (Å²) in [5, 5.41) is 18.9. The third kappa shape index (κ3) is 3.19. The molecule has 0 aliphatic carbocycles. The Hall–Kier alpha value is -1.60. The number of amides is 1. The Morgan fingerprint density at radius 1 is 1.48 bits per heavy atom. The van der Waals surface area contributed by atoms with Crippen molar-refractivity contribution in [2.45, 2.75) is 4.90 Å². The van der Waals surface area contributed by atoms with E-state index in [1.54, 1.807) is 0 Å². The summed E-state index contributed by atoms with van der Waals surface area (Å²) < 4.78 is 28.4. The van der Waals surface area contributed by atoms with E-state index < -0.39 is 30.8 Å². The number of morpholine rings is 1. The molecule has 0 saturated carbocycles. The highest BCUT2D eigenvalue weighted by Gasteiger charge is 2.32. The maximum absolute atomic E-state index is 12.3. The van der Waals surface area contributed by atoms with E-state index in [-0.39, 0.29) is 18.0 Å². The number of nitro groups is 1. The summed E-state index contributed by atoms with van der Waals surface area (Å²) in [6.45, 7) is 1.13. The Labute approximate surface area is 123 Å². The molecule has 116 valence electrons. The molecule has 2 N–H and O–H groups in total. The third-order valence-corrected chi connectivity index (χ3v) is 5.11. The van der Waals surface area contributed by atoms with Crippen molar-refractivity contribution in [2.75, 3.05) is 26.3 Å². The second kappa shape index (κ2) is 6.03. The van der Waals surface area contributed by atoms with Gasteiger partial charge in [-0.2, -0.15) is 0 Å². The lowest BCUT2D eigenvalue weighted by molar-refractivity contribution is -0.380. The molecule has 1 aromatic heterocycles. The van der Waals surface area contributed by atoms with Crippen molar-refractivity contribution in [3.8, 4) is 0 Å². The number of sulfonamides is 1. The van der Waals surface area contributed by atoms with Crippen LogP contribution in [0.25, 0.3) is 0 Å². The van der Waals surface area contributed by atoms with Gasteiger partial charge in [-0.05, 0) is 0 Å². The van der Waals surface area contributed by atoms with Crippen LogP contribution in [0.4, 0.5) is 5.00 Å². The Bertz CT molecular complexity index is 663. The van der Waals surface area contributed by atoms with Crippen molar-refractivity contribution >= 4 is 32.3 Å². The molecule has 2 rings (SSSR count). The molecule has 0 bridgehead atoms. The lowest BCUT2D eigenvalue weighted by Gasteiger charge is -2.26. The number of nitrogens with zero attached hydrogens (tertiary/aromatic N) is 2. The molecule has 0 radical (unpaired) electrons. The van der Waals surface area contributed by atoms with Gasteiger partial charge in [0.2, 0.25) is 0 Å². The highest BCUT2D eigenvalue weighted by Crippen LogP contribution is 2.33. The molecule has 1 aliphatic rings. The van der Waals surface area contributed by atoms with Crippen molar-refractivity contribution in [1.29, 1.82) is 0 Å². The van der Waals surface area contributed by atoms with Crippen molar-refractivity contribution in [2.24, 2.45) is 0 Å². The predicted molar refractivity (Wildman–Crippen MR) is 69.8 cm³/mol. The van der Waals surface area contributed by atoms with Gasteiger partial charge in [-0.25, -0.2) is 8.42 Å². The Morgan fingerprint density at radius 3 is 2.62 bits per heavy atom. The zero-order chi connectivity index (χ0) is 15.6. The molecule has 1 fully saturated rings. The number of carbonyl (C=O) groups excluding carboxylic acids is 1. The minimum absolute atomic E-state index is 0.260. The Kier molecular flexibility index (Phi) is 4.53. The average molecular weight is 337 g/mol. The summed E-state index contributed by atoms with van der Waals surface area (Å²) in [6, 6.07) is 0.747. The quantitative estimate of drug-likeness (QED) is 0.572. The van der Waals surface area contributed by atoms with Crippen LogP contribution in [-0.4, -0.2) is 55.7 Å². The summed E-state index contributed by atoms with van der Waals surface area (Å²) in [5.41, 5.74) is 0. The first-order valence-electron chi connectivity index (χ1n) is 5.68. The maximum atomic E-state index is 12.3. The van der Waals surface area contributed by atoms with E-state index in [2.05, 4.69) is 0 Å². The van der Waals surface area contributed by atoms with Crippen molar-refractivity contribution < 1.29 is 28.1 Å². The van der Waals surface area contributed by atoms with Crippen LogP contribution >= 0.6 is 11.3 Å². The summed E-state index contributed by atoms with van der Waals surface area (Å²) in [7, 11) is -4.39. The fraction of sp³-hybridized carbons (Fsp3) is 0.444. The standard InChI is InChI=1S/C9H11N3O7S2/c13-9(11-1-3-19-4-2-11)8-6(21(17,18)10-14)5-7(20-8)12(15)16/h5,10,14H,1-4H2. The number of nitrogens with one attached hydrogen (secondary N) is 1. The molecule has 1 aromatic rings. The number of ether oxygens (including phenoxy) is 1. The molecule has 0 aromatic carbocycles. The highest BCUT2D eigenvalue weighted by molar-refractivity contribution is 7.89. The molecule has 1 aliphatic heterocycles. The monoisotopic (exact) mass is 337 g/mol. The first-order valence-corrected chi connectivity index (χ1v) is 7.98. The molecule has 0 atom stereocenters. The molecule has 10 nitrogen and oxygen atoms in total. The zero-order valence-electron chi connectivity index (χ0n) is 10.5. The molecule has 0 unspecified atom stereocenters. The average Bonchev–Trinajstić information content (AvgIpc) is 2.93. The lowest BCUT2D eigenvalue weighted by atomic mass is 10.3. The molecule has 0 spiro atoms. The minimum atomic E-state index is -4.39. The Balaban J connectivity index is 2.45. The first-order chi connectivity index (χ1) is 9.86. The molecular weight excluding hydrogens is 326 g/mol. The van der Waals surface area contributed by atoms with Crippen LogP contribution in [0, 0.1) is 10.1 Å². The van der Waals surface area contributed by atoms with E-state index in [1.165, 1.54) is 4.90 Å². The highest BCUT2D eigenvalue weighted by atomic mass is 32.2. The molecule has 12 heteroatoms. The van der Waals surface area contributed by atoms with E-state index in [9.17, 15) is 23.3 Å². The fourth-order valence-electron chi connectivity index (χ4n) is 1.76. The number of rotatable bonds is 4. The second-order valence-electron chi connectivity index (χ2n) is 4.03. The molecule has 1 amide bonds. The van der Waals surface area contributed by atoms with Gasteiger partial charge in [-0.1, -0.05) is 16.2 Å². The van der Waals surface area contributed by atoms with Crippen LogP contribution in [0.15, 0.2) is 11.0 Å². The number of hydrogen-bond donors (Lipinski definition) is 2. The van der Waals surface area contributed by atoms with Crippen LogP contribution in [0.5, 0.6) is 0 Å². The summed E-state index contributed by atoms with van der Waals surface area (Å²) >= 11 is 0.450. The van der Waals surface area contributed by atoms with Crippen molar-refractivity contribution in [3.63, 3.8) is 0 Å². The SMILES string of the molecule is O=C(c1sc([N+](=O)[O-])cc1S(=O)(=O)NO)N1CCOCC1. The van der Waals surface area contributed by atoms with Crippen LogP contribution in [0.3, 0.4) is 0 Å². The number of carbonyl (C=O) groups is 1. The molecule has 1 saturated heterocycles. The first kappa shape index (κ1) is 15.8. The predicted octanol–water partition coefficient (Wildman–Crippen LogP) is -0.204. The third-order valence-electron chi connectivity index (χ3n) is 2.77. The number of thiophene rings is 1. The lowest BCUT2D eigenvalue weighted by Crippen LogP contribution is -2.41. The van der Waals surface area contributed by atoms with Crippen LogP contribution in [-0.2, 0) is 14.8 Å². The summed E-state index contributed by atoms with van der Waals surface area (Å²) in [5.74, 6) is -0.648. The van der Waals surface area contributed by atoms with E-state index >= 15 is 0 Å². The normalized spacial score (nSPS) is 16.0. The molecular formula is C9H11N3O7S2. The van der Waals surface area contributed by atoms with Gasteiger partial charge >= 0.3 is 5.00 Å². The zero-order valence-corrected chi connectivity index (χ0v) is 12.1. The van der Waals surface area contributed by atoms with Gasteiger partial charge in [0.05, 0.1) is 18.1 Å². The fourth-order valence-corrected chi connectivity index (χ4v) is 3.82. The molecule has 21 heavy (non-hydrogen) atoms. The second-order valence-corrected chi connectivity index (χ2v) is 6.69. The van der Waals surface area contributed by atoms with E-state index in [1.807, 2.05) is 0 Å². The van der Waals surface area contributed by atoms with E-state index in [0.29, 0.717) is 24.6 Å². The van der Waals surface area contributed by atoms with E-state index in [0.717, 1.165) is 11.0 Å². The van der Waals surface area contributed by atoms with Gasteiger partial charge in [0.15, 0.2) is 0 Å². The van der Waals surface area contributed by atoms with Gasteiger partial charge < -0.3 is 14.8 Å². The number of hydrogen-bond acceptors (Lipinski definition) is 8. The largest absolute Gasteiger partial charge is 0.378 e. The minimum Gasteiger partial charge on any atom is -0.378 e. The van der Waals surface area contributed by atoms with Crippen LogP contribution in [0.1, 0.15) is 9.67 Å². The van der Waals surface area contributed by atoms with Crippen LogP contribution in [0.2, 0.25) is 0 Å². The van der Waals surface area contributed by atoms with Gasteiger partial charge in [-0.15, -0.1) is 0 Å². The Morgan fingerprint density at radius 2 is 2.10 bits per heavy atom. The summed E-state index contributed by atoms with van der Waals surface area (Å²) in [4.78, 5) is 23.8. The van der Waals surface area contributed by atoms with Gasteiger partial charge in [0, 0.05) is 19.2 Å².